The summed E-state index contributed by atoms with van der Waals surface area (Å²) in [4.78, 5) is 16.8. The lowest BCUT2D eigenvalue weighted by Crippen LogP contribution is -2.46. The first-order chi connectivity index (χ1) is 15.2. The fourth-order valence-electron chi connectivity index (χ4n) is 3.94. The zero-order chi connectivity index (χ0) is 21.6. The summed E-state index contributed by atoms with van der Waals surface area (Å²) in [6, 6.07) is 10.5. The van der Waals surface area contributed by atoms with Crippen LogP contribution in [0.25, 0.3) is 10.1 Å². The zero-order valence-corrected chi connectivity index (χ0v) is 18.7. The minimum absolute atomic E-state index is 0.219. The third-order valence-corrected chi connectivity index (χ3v) is 6.44. The number of benzene rings is 1. The Bertz CT molecular complexity index is 1040. The van der Waals surface area contributed by atoms with E-state index in [0.29, 0.717) is 24.7 Å². The summed E-state index contributed by atoms with van der Waals surface area (Å²) in [6.45, 7) is 10.0. The first kappa shape index (κ1) is 21.4. The Morgan fingerprint density at radius 3 is 2.90 bits per heavy atom. The van der Waals surface area contributed by atoms with Crippen LogP contribution in [-0.2, 0) is 6.54 Å². The lowest BCUT2D eigenvalue weighted by atomic mass is 10.2. The number of anilines is 1. The van der Waals surface area contributed by atoms with Crippen LogP contribution in [-0.4, -0.2) is 67.0 Å². The molecule has 0 radical (unpaired) electrons. The summed E-state index contributed by atoms with van der Waals surface area (Å²) < 4.78 is 8.94. The van der Waals surface area contributed by atoms with Gasteiger partial charge in [0.25, 0.3) is 5.91 Å². The van der Waals surface area contributed by atoms with Gasteiger partial charge in [0.05, 0.1) is 13.2 Å². The van der Waals surface area contributed by atoms with E-state index < -0.39 is 0 Å². The Balaban J connectivity index is 1.24. The molecule has 7 nitrogen and oxygen atoms in total. The van der Waals surface area contributed by atoms with Gasteiger partial charge < -0.3 is 15.0 Å². The monoisotopic (exact) mass is 439 g/mol. The van der Waals surface area contributed by atoms with Crippen LogP contribution >= 0.6 is 11.3 Å². The van der Waals surface area contributed by atoms with E-state index in [1.807, 2.05) is 0 Å². The van der Waals surface area contributed by atoms with Crippen LogP contribution in [0.5, 0.6) is 5.88 Å². The van der Waals surface area contributed by atoms with E-state index in [4.69, 9.17) is 4.74 Å². The number of nitrogens with zero attached hydrogens (tertiary/aromatic N) is 4. The molecule has 1 aromatic carbocycles. The number of rotatable bonds is 9. The van der Waals surface area contributed by atoms with E-state index in [0.717, 1.165) is 39.1 Å². The molecular weight excluding hydrogens is 410 g/mol. The van der Waals surface area contributed by atoms with Gasteiger partial charge in [-0.2, -0.15) is 5.10 Å². The van der Waals surface area contributed by atoms with Crippen LogP contribution < -0.4 is 15.0 Å². The number of hydrogen-bond acceptors (Lipinski definition) is 6. The Morgan fingerprint density at radius 2 is 2.13 bits per heavy atom. The molecule has 0 unspecified atom stereocenters. The molecule has 1 N–H and O–H groups in total. The summed E-state index contributed by atoms with van der Waals surface area (Å²) in [5, 5.41) is 10.4. The van der Waals surface area contributed by atoms with E-state index in [9.17, 15) is 4.79 Å². The average molecular weight is 440 g/mol. The number of carbonyl (C=O) groups excluding carboxylic acids is 1. The maximum absolute atomic E-state index is 11.8. The van der Waals surface area contributed by atoms with Gasteiger partial charge in [0.15, 0.2) is 5.69 Å². The number of ether oxygens (including phenoxy) is 1. The summed E-state index contributed by atoms with van der Waals surface area (Å²) in [6.07, 6.45) is 2.66. The zero-order valence-electron chi connectivity index (χ0n) is 17.9. The van der Waals surface area contributed by atoms with Crippen molar-refractivity contribution < 1.29 is 9.53 Å². The largest absolute Gasteiger partial charge is 0.478 e. The van der Waals surface area contributed by atoms with E-state index >= 15 is 0 Å². The molecule has 3 aromatic rings. The maximum Gasteiger partial charge on any atom is 0.271 e. The van der Waals surface area contributed by atoms with Crippen molar-refractivity contribution in [3.63, 3.8) is 0 Å². The Morgan fingerprint density at radius 1 is 1.29 bits per heavy atom. The lowest BCUT2D eigenvalue weighted by Gasteiger charge is -2.36. The number of hydrogen-bond donors (Lipinski definition) is 1. The van der Waals surface area contributed by atoms with Crippen molar-refractivity contribution in [3.05, 3.63) is 54.1 Å². The van der Waals surface area contributed by atoms with E-state index in [2.05, 4.69) is 56.4 Å². The molecule has 1 amide bonds. The highest BCUT2D eigenvalue weighted by molar-refractivity contribution is 7.17. The van der Waals surface area contributed by atoms with Crippen molar-refractivity contribution in [3.8, 4) is 5.88 Å². The predicted octanol–water partition coefficient (Wildman–Crippen LogP) is 3.23. The molecule has 1 saturated heterocycles. The van der Waals surface area contributed by atoms with Crippen LogP contribution in [0.15, 0.2) is 48.4 Å². The molecule has 1 aliphatic rings. The van der Waals surface area contributed by atoms with Crippen molar-refractivity contribution in [2.24, 2.45) is 0 Å². The number of allylic oxidation sites excluding steroid dienone is 1. The van der Waals surface area contributed by atoms with Crippen LogP contribution in [0.2, 0.25) is 0 Å². The Hall–Kier alpha value is -2.84. The van der Waals surface area contributed by atoms with Crippen LogP contribution in [0.3, 0.4) is 0 Å². The van der Waals surface area contributed by atoms with Gasteiger partial charge >= 0.3 is 0 Å². The first-order valence-corrected chi connectivity index (χ1v) is 11.5. The number of thiophene rings is 1. The second-order valence-electron chi connectivity index (χ2n) is 7.56. The minimum Gasteiger partial charge on any atom is -0.478 e. The molecule has 2 aromatic heterocycles. The fraction of sp³-hybridized carbons (Fsp3) is 0.391. The summed E-state index contributed by atoms with van der Waals surface area (Å²) in [7, 11) is 1.59. The van der Waals surface area contributed by atoms with Gasteiger partial charge in [-0.25, -0.2) is 4.68 Å². The number of piperazine rings is 1. The molecule has 0 spiro atoms. The summed E-state index contributed by atoms with van der Waals surface area (Å²) >= 11 is 1.80. The second kappa shape index (κ2) is 9.98. The van der Waals surface area contributed by atoms with E-state index in [-0.39, 0.29) is 5.91 Å². The third-order valence-electron chi connectivity index (χ3n) is 5.56. The van der Waals surface area contributed by atoms with Gasteiger partial charge in [-0.05, 0) is 30.0 Å². The van der Waals surface area contributed by atoms with Crippen molar-refractivity contribution in [2.45, 2.75) is 13.0 Å². The molecule has 1 aliphatic heterocycles. The Kier molecular flexibility index (Phi) is 6.89. The molecule has 8 heteroatoms. The van der Waals surface area contributed by atoms with Crippen LogP contribution in [0.4, 0.5) is 5.69 Å². The van der Waals surface area contributed by atoms with Gasteiger partial charge in [0.1, 0.15) is 0 Å². The van der Waals surface area contributed by atoms with E-state index in [1.54, 1.807) is 35.2 Å². The SMILES string of the molecule is C=CCn1nc(C(=O)NC)cc1OCCCN1CCN(c2cccc3sccc23)CC1. The highest BCUT2D eigenvalue weighted by Gasteiger charge is 2.19. The topological polar surface area (TPSA) is 62.6 Å². The third kappa shape index (κ3) is 4.91. The smallest absolute Gasteiger partial charge is 0.271 e. The predicted molar refractivity (Wildman–Crippen MR) is 126 cm³/mol. The van der Waals surface area contributed by atoms with Gasteiger partial charge in [0, 0.05) is 61.6 Å². The summed E-state index contributed by atoms with van der Waals surface area (Å²) in [5.74, 6) is 0.385. The molecule has 0 saturated carbocycles. The highest BCUT2D eigenvalue weighted by atomic mass is 32.1. The molecule has 0 bridgehead atoms. The standard InChI is InChI=1S/C23H29N5O2S/c1-3-9-28-22(17-19(25-28)23(29)24-2)30-15-5-10-26-11-13-27(14-12-26)20-6-4-7-21-18(20)8-16-31-21/h3-4,6-8,16-17H,1,5,9-15H2,2H3,(H,24,29). The average Bonchev–Trinajstić information content (AvgIpc) is 3.44. The molecular formula is C23H29N5O2S. The second-order valence-corrected chi connectivity index (χ2v) is 8.51. The molecule has 164 valence electrons. The van der Waals surface area contributed by atoms with Crippen molar-refractivity contribution in [1.82, 2.24) is 20.0 Å². The number of nitrogens with one attached hydrogen (secondary N) is 1. The van der Waals surface area contributed by atoms with Crippen LogP contribution in [0.1, 0.15) is 16.9 Å². The van der Waals surface area contributed by atoms with Gasteiger partial charge in [-0.3, -0.25) is 9.69 Å². The summed E-state index contributed by atoms with van der Waals surface area (Å²) in [5.41, 5.74) is 1.71. The van der Waals surface area contributed by atoms with Crippen molar-refractivity contribution >= 4 is 33.0 Å². The normalized spacial score (nSPS) is 14.7. The van der Waals surface area contributed by atoms with Crippen molar-refractivity contribution in [2.75, 3.05) is 51.3 Å². The van der Waals surface area contributed by atoms with Gasteiger partial charge in [-0.15, -0.1) is 17.9 Å². The Labute approximate surface area is 186 Å². The fourth-order valence-corrected chi connectivity index (χ4v) is 4.75. The minimum atomic E-state index is -0.219. The lowest BCUT2D eigenvalue weighted by molar-refractivity contribution is 0.0957. The molecule has 1 fully saturated rings. The molecule has 4 rings (SSSR count). The van der Waals surface area contributed by atoms with Gasteiger partial charge in [-0.1, -0.05) is 12.1 Å². The highest BCUT2D eigenvalue weighted by Crippen LogP contribution is 2.31. The maximum atomic E-state index is 11.8. The molecule has 31 heavy (non-hydrogen) atoms. The molecule has 3 heterocycles. The first-order valence-electron chi connectivity index (χ1n) is 10.7. The number of fused-ring (bicyclic) bond motifs is 1. The number of aromatic nitrogens is 2. The van der Waals surface area contributed by atoms with Gasteiger partial charge in [0.2, 0.25) is 5.88 Å². The van der Waals surface area contributed by atoms with E-state index in [1.165, 1.54) is 15.8 Å². The number of amides is 1. The molecule has 0 aliphatic carbocycles. The number of carbonyl (C=O) groups is 1. The van der Waals surface area contributed by atoms with Crippen molar-refractivity contribution in [1.29, 1.82) is 0 Å². The van der Waals surface area contributed by atoms with Crippen LogP contribution in [0, 0.1) is 0 Å². The molecule has 0 atom stereocenters. The quantitative estimate of drug-likeness (QED) is 0.410.